The number of unbranched alkanes of at least 4 members (excludes halogenated alkanes) is 26. The highest BCUT2D eigenvalue weighted by Crippen LogP contribution is 2.25. The average molecular weight is 613 g/mol. The van der Waals surface area contributed by atoms with Crippen LogP contribution in [0, 0.1) is 0 Å². The van der Waals surface area contributed by atoms with Crippen molar-refractivity contribution in [3.63, 3.8) is 0 Å². The minimum Gasteiger partial charge on any atom is -0.545 e. The first kappa shape index (κ1) is 40.2. The summed E-state index contributed by atoms with van der Waals surface area (Å²) in [5.41, 5.74) is 1.25. The van der Waals surface area contributed by atoms with Gasteiger partial charge in [-0.2, -0.15) is 0 Å². The van der Waals surface area contributed by atoms with E-state index >= 15 is 0 Å². The molecule has 0 aromatic heterocycles. The molecular weight excluding hydrogens is 544 g/mol. The highest BCUT2D eigenvalue weighted by Gasteiger charge is 2.15. The van der Waals surface area contributed by atoms with Gasteiger partial charge in [0, 0.05) is 11.1 Å². The molecule has 0 N–H and O–H groups in total. The second-order valence-corrected chi connectivity index (χ2v) is 13.4. The van der Waals surface area contributed by atoms with Crippen LogP contribution in [0.5, 0.6) is 0 Å². The van der Waals surface area contributed by atoms with E-state index in [0.29, 0.717) is 12.0 Å². The molecule has 0 spiro atoms. The van der Waals surface area contributed by atoms with Crippen LogP contribution in [-0.4, -0.2) is 11.9 Å². The second-order valence-electron chi connectivity index (χ2n) is 13.4. The maximum absolute atomic E-state index is 12.0. The SMILES string of the molecule is CCCCCCCCCCCCCCCCc1ccc(C(=O)[O-])c(C(=O)[O-])c1CCCCCCCCCCCCCCCC. The van der Waals surface area contributed by atoms with E-state index in [0.717, 1.165) is 44.1 Å². The van der Waals surface area contributed by atoms with Crippen molar-refractivity contribution in [1.82, 2.24) is 0 Å². The van der Waals surface area contributed by atoms with Crippen LogP contribution in [0.1, 0.15) is 225 Å². The number of benzene rings is 1. The molecule has 4 heteroatoms. The number of hydrogen-bond acceptors (Lipinski definition) is 4. The lowest BCUT2D eigenvalue weighted by atomic mass is 9.89. The molecule has 0 amide bonds. The van der Waals surface area contributed by atoms with Crippen molar-refractivity contribution in [1.29, 1.82) is 0 Å². The summed E-state index contributed by atoms with van der Waals surface area (Å²) in [6.07, 6.45) is 37.4. The average Bonchev–Trinajstić information content (AvgIpc) is 3.01. The van der Waals surface area contributed by atoms with Gasteiger partial charge in [-0.3, -0.25) is 0 Å². The first-order valence-electron chi connectivity index (χ1n) is 19.1. The molecule has 1 aromatic rings. The molecule has 0 bridgehead atoms. The summed E-state index contributed by atoms with van der Waals surface area (Å²) < 4.78 is 0. The molecule has 0 heterocycles. The summed E-state index contributed by atoms with van der Waals surface area (Å²) in [5, 5.41) is 23.7. The Morgan fingerprint density at radius 1 is 0.432 bits per heavy atom. The second kappa shape index (κ2) is 28.6. The summed E-state index contributed by atoms with van der Waals surface area (Å²) >= 11 is 0. The largest absolute Gasteiger partial charge is 0.545 e. The molecule has 1 rings (SSSR count). The molecule has 1 aromatic carbocycles. The molecule has 0 atom stereocenters. The lowest BCUT2D eigenvalue weighted by Crippen LogP contribution is -2.31. The molecule has 0 fully saturated rings. The third kappa shape index (κ3) is 20.2. The van der Waals surface area contributed by atoms with Crippen molar-refractivity contribution < 1.29 is 19.8 Å². The third-order valence-electron chi connectivity index (χ3n) is 9.41. The molecular formula is C40H68O4-2. The van der Waals surface area contributed by atoms with Crippen LogP contribution >= 0.6 is 0 Å². The monoisotopic (exact) mass is 613 g/mol. The highest BCUT2D eigenvalue weighted by molar-refractivity contribution is 6.01. The molecule has 0 aliphatic rings. The topological polar surface area (TPSA) is 80.3 Å². The Labute approximate surface area is 272 Å². The van der Waals surface area contributed by atoms with Gasteiger partial charge in [0.25, 0.3) is 0 Å². The Kier molecular flexibility index (Phi) is 26.1. The van der Waals surface area contributed by atoms with Gasteiger partial charge in [-0.25, -0.2) is 0 Å². The third-order valence-corrected chi connectivity index (χ3v) is 9.41. The van der Waals surface area contributed by atoms with Crippen LogP contribution in [0.2, 0.25) is 0 Å². The van der Waals surface area contributed by atoms with Crippen LogP contribution < -0.4 is 10.2 Å². The van der Waals surface area contributed by atoms with E-state index in [9.17, 15) is 19.8 Å². The minimum absolute atomic E-state index is 0.150. The zero-order valence-electron chi connectivity index (χ0n) is 29.0. The smallest absolute Gasteiger partial charge is 0.0724 e. The van der Waals surface area contributed by atoms with E-state index < -0.39 is 11.9 Å². The van der Waals surface area contributed by atoms with E-state index in [1.54, 1.807) is 0 Å². The van der Waals surface area contributed by atoms with Crippen LogP contribution in [0.15, 0.2) is 12.1 Å². The zero-order valence-corrected chi connectivity index (χ0v) is 29.0. The summed E-state index contributed by atoms with van der Waals surface area (Å²) in [6.45, 7) is 4.53. The van der Waals surface area contributed by atoms with Gasteiger partial charge in [0.15, 0.2) is 0 Å². The fourth-order valence-electron chi connectivity index (χ4n) is 6.62. The first-order chi connectivity index (χ1) is 21.5. The van der Waals surface area contributed by atoms with Gasteiger partial charge in [0.1, 0.15) is 0 Å². The van der Waals surface area contributed by atoms with E-state index in [1.165, 1.54) is 154 Å². The highest BCUT2D eigenvalue weighted by atomic mass is 16.4. The Morgan fingerprint density at radius 3 is 1.07 bits per heavy atom. The molecule has 0 aliphatic carbocycles. The summed E-state index contributed by atoms with van der Waals surface area (Å²) in [7, 11) is 0. The predicted molar refractivity (Wildman–Crippen MR) is 183 cm³/mol. The maximum Gasteiger partial charge on any atom is 0.0724 e. The Bertz CT molecular complexity index is 846. The number of aromatic carboxylic acids is 2. The Morgan fingerprint density at radius 2 is 0.750 bits per heavy atom. The standard InChI is InChI=1S/C40H70O4/c1-3-5-7-9-11-13-15-17-19-21-23-25-27-29-31-35-33-34-37(39(41)42)38(40(43)44)36(35)32-30-28-26-24-22-20-18-16-14-12-10-8-6-4-2/h33-34H,3-32H2,1-2H3,(H,41,42)(H,43,44)/p-2. The predicted octanol–water partition coefficient (Wildman–Crippen LogP) is 10.5. The normalized spacial score (nSPS) is 11.3. The Balaban J connectivity index is 2.33. The molecule has 0 saturated carbocycles. The number of carbonyl (C=O) groups is 2. The first-order valence-corrected chi connectivity index (χ1v) is 19.1. The van der Waals surface area contributed by atoms with Crippen LogP contribution in [0.25, 0.3) is 0 Å². The molecule has 0 aliphatic heterocycles. The van der Waals surface area contributed by atoms with Crippen LogP contribution in [0.3, 0.4) is 0 Å². The molecule has 44 heavy (non-hydrogen) atoms. The van der Waals surface area contributed by atoms with Crippen LogP contribution in [-0.2, 0) is 12.8 Å². The molecule has 0 radical (unpaired) electrons. The van der Waals surface area contributed by atoms with Gasteiger partial charge in [-0.15, -0.1) is 0 Å². The number of carboxylic acids is 2. The minimum atomic E-state index is -1.44. The van der Waals surface area contributed by atoms with Crippen molar-refractivity contribution >= 4 is 11.9 Å². The van der Waals surface area contributed by atoms with E-state index in [-0.39, 0.29) is 11.1 Å². The quantitative estimate of drug-likeness (QED) is 0.0758. The zero-order chi connectivity index (χ0) is 32.1. The van der Waals surface area contributed by atoms with Gasteiger partial charge in [-0.05, 0) is 36.8 Å². The lowest BCUT2D eigenvalue weighted by molar-refractivity contribution is -0.259. The van der Waals surface area contributed by atoms with E-state index in [4.69, 9.17) is 0 Å². The number of aryl methyl sites for hydroxylation is 1. The van der Waals surface area contributed by atoms with E-state index in [2.05, 4.69) is 13.8 Å². The van der Waals surface area contributed by atoms with Gasteiger partial charge in [-0.1, -0.05) is 193 Å². The van der Waals surface area contributed by atoms with Crippen molar-refractivity contribution in [2.24, 2.45) is 0 Å². The van der Waals surface area contributed by atoms with Gasteiger partial charge in [0.2, 0.25) is 0 Å². The summed E-state index contributed by atoms with van der Waals surface area (Å²) in [6, 6.07) is 3.23. The Hall–Kier alpha value is -1.84. The summed E-state index contributed by atoms with van der Waals surface area (Å²) in [5.74, 6) is -2.83. The lowest BCUT2D eigenvalue weighted by Gasteiger charge is -2.20. The number of carbonyl (C=O) groups excluding carboxylic acids is 2. The summed E-state index contributed by atoms with van der Waals surface area (Å²) in [4.78, 5) is 23.7. The van der Waals surface area contributed by atoms with Crippen molar-refractivity contribution in [2.75, 3.05) is 0 Å². The van der Waals surface area contributed by atoms with E-state index in [1.807, 2.05) is 6.07 Å². The molecule has 0 saturated heterocycles. The number of rotatable bonds is 32. The van der Waals surface area contributed by atoms with Crippen LogP contribution in [0.4, 0.5) is 0 Å². The van der Waals surface area contributed by atoms with Gasteiger partial charge in [0.05, 0.1) is 11.9 Å². The van der Waals surface area contributed by atoms with Crippen molar-refractivity contribution in [2.45, 2.75) is 206 Å². The molecule has 0 unspecified atom stereocenters. The van der Waals surface area contributed by atoms with Gasteiger partial charge < -0.3 is 19.8 Å². The molecule has 254 valence electrons. The number of hydrogen-bond donors (Lipinski definition) is 0. The maximum atomic E-state index is 12.0. The van der Waals surface area contributed by atoms with Crippen molar-refractivity contribution in [3.05, 3.63) is 34.4 Å². The number of carboxylic acid groups (broad SMARTS) is 2. The van der Waals surface area contributed by atoms with Crippen molar-refractivity contribution in [3.8, 4) is 0 Å². The van der Waals surface area contributed by atoms with Gasteiger partial charge >= 0.3 is 0 Å². The fraction of sp³-hybridized carbons (Fsp3) is 0.800. The molecule has 4 nitrogen and oxygen atoms in total. The fourth-order valence-corrected chi connectivity index (χ4v) is 6.62.